The predicted molar refractivity (Wildman–Crippen MR) is 60.2 cm³/mol. The molecule has 15 heavy (non-hydrogen) atoms. The monoisotopic (exact) mass is 311 g/mol. The van der Waals surface area contributed by atoms with E-state index in [1.54, 1.807) is 12.1 Å². The molecule has 0 aliphatic carbocycles. The van der Waals surface area contributed by atoms with E-state index in [4.69, 9.17) is 11.6 Å². The van der Waals surface area contributed by atoms with Crippen molar-refractivity contribution in [1.29, 1.82) is 0 Å². The number of halogens is 2. The molecule has 1 aromatic carbocycles. The molecule has 4 nitrogen and oxygen atoms in total. The van der Waals surface area contributed by atoms with E-state index >= 15 is 0 Å². The van der Waals surface area contributed by atoms with Gasteiger partial charge in [0.25, 0.3) is 0 Å². The number of carbonyl (C=O) groups is 1. The molecule has 0 saturated heterocycles. The second kappa shape index (κ2) is 5.07. The van der Waals surface area contributed by atoms with Gasteiger partial charge < -0.3 is 0 Å². The zero-order valence-corrected chi connectivity index (χ0v) is 10.6. The normalized spacial score (nSPS) is 11.3. The summed E-state index contributed by atoms with van der Waals surface area (Å²) in [6, 6.07) is 6.03. The number of hydrogen-bond acceptors (Lipinski definition) is 3. The van der Waals surface area contributed by atoms with Crippen molar-refractivity contribution in [2.75, 3.05) is 6.54 Å². The highest BCUT2D eigenvalue weighted by atomic mass is 79.9. The van der Waals surface area contributed by atoms with E-state index in [9.17, 15) is 13.2 Å². The lowest BCUT2D eigenvalue weighted by Crippen LogP contribution is -2.27. The Hall–Kier alpha value is -0.430. The quantitative estimate of drug-likeness (QED) is 0.857. The zero-order chi connectivity index (χ0) is 11.5. The molecular formula is C8H7BrClNO3S. The molecule has 0 saturated carbocycles. The molecule has 0 aliphatic heterocycles. The summed E-state index contributed by atoms with van der Waals surface area (Å²) < 4.78 is 25.9. The molecule has 0 atom stereocenters. The lowest BCUT2D eigenvalue weighted by molar-refractivity contribution is -0.110. The fraction of sp³-hybridized carbons (Fsp3) is 0.125. The highest BCUT2D eigenvalue weighted by Gasteiger charge is 2.14. The van der Waals surface area contributed by atoms with Crippen LogP contribution in [0.4, 0.5) is 0 Å². The van der Waals surface area contributed by atoms with Gasteiger partial charge in [0.1, 0.15) is 0 Å². The molecule has 0 spiro atoms. The average Bonchev–Trinajstić information content (AvgIpc) is 2.16. The lowest BCUT2D eigenvalue weighted by Gasteiger charge is -2.03. The second-order valence-electron chi connectivity index (χ2n) is 2.63. The van der Waals surface area contributed by atoms with E-state index in [0.717, 1.165) is 4.47 Å². The topological polar surface area (TPSA) is 63.2 Å². The van der Waals surface area contributed by atoms with E-state index in [-0.39, 0.29) is 4.90 Å². The third-order valence-electron chi connectivity index (χ3n) is 1.53. The molecule has 1 N–H and O–H groups in total. The molecule has 0 fully saturated rings. The van der Waals surface area contributed by atoms with Crippen LogP contribution < -0.4 is 4.72 Å². The fourth-order valence-corrected chi connectivity index (χ4v) is 2.24. The summed E-state index contributed by atoms with van der Waals surface area (Å²) in [5.74, 6) is 0. The molecule has 1 rings (SSSR count). The average molecular weight is 313 g/mol. The van der Waals surface area contributed by atoms with Crippen LogP contribution in [0.25, 0.3) is 0 Å². The largest absolute Gasteiger partial charge is 0.280 e. The van der Waals surface area contributed by atoms with Crippen molar-refractivity contribution >= 4 is 42.8 Å². The molecular weight excluding hydrogens is 306 g/mol. The Kier molecular flexibility index (Phi) is 4.27. The number of benzene rings is 1. The molecule has 0 radical (unpaired) electrons. The minimum atomic E-state index is -3.65. The minimum absolute atomic E-state index is 0.0867. The Bertz CT molecular complexity index is 457. The van der Waals surface area contributed by atoms with Crippen molar-refractivity contribution in [1.82, 2.24) is 4.72 Å². The zero-order valence-electron chi connectivity index (χ0n) is 7.41. The summed E-state index contributed by atoms with van der Waals surface area (Å²) in [4.78, 5) is 10.5. The van der Waals surface area contributed by atoms with Gasteiger partial charge in [-0.05, 0) is 35.9 Å². The van der Waals surface area contributed by atoms with E-state index in [0.29, 0.717) is 0 Å². The Labute approximate surface area is 101 Å². The van der Waals surface area contributed by atoms with Crippen LogP contribution in [0.3, 0.4) is 0 Å². The van der Waals surface area contributed by atoms with Crippen molar-refractivity contribution in [3.8, 4) is 0 Å². The van der Waals surface area contributed by atoms with Gasteiger partial charge in [-0.3, -0.25) is 4.79 Å². The maximum atomic E-state index is 11.5. The van der Waals surface area contributed by atoms with Crippen LogP contribution in [-0.4, -0.2) is 20.2 Å². The first-order valence-corrected chi connectivity index (χ1v) is 6.51. The highest BCUT2D eigenvalue weighted by Crippen LogP contribution is 2.14. The summed E-state index contributed by atoms with van der Waals surface area (Å²) >= 11 is 8.21. The third-order valence-corrected chi connectivity index (χ3v) is 3.60. The van der Waals surface area contributed by atoms with Crippen LogP contribution in [0.15, 0.2) is 33.6 Å². The van der Waals surface area contributed by atoms with Crippen LogP contribution in [0.2, 0.25) is 0 Å². The van der Waals surface area contributed by atoms with Gasteiger partial charge in [0, 0.05) is 4.47 Å². The molecule has 7 heteroatoms. The van der Waals surface area contributed by atoms with Crippen molar-refractivity contribution in [2.24, 2.45) is 0 Å². The van der Waals surface area contributed by atoms with Crippen molar-refractivity contribution in [3.05, 3.63) is 28.7 Å². The van der Waals surface area contributed by atoms with Gasteiger partial charge in [0.05, 0.1) is 11.4 Å². The number of rotatable bonds is 4. The third kappa shape index (κ3) is 3.90. The van der Waals surface area contributed by atoms with Crippen LogP contribution in [-0.2, 0) is 14.8 Å². The summed E-state index contributed by atoms with van der Waals surface area (Å²) in [7, 11) is -3.65. The number of hydrogen-bond donors (Lipinski definition) is 1. The summed E-state index contributed by atoms with van der Waals surface area (Å²) in [6.07, 6.45) is 0. The molecule has 0 heterocycles. The Morgan fingerprint density at radius 3 is 2.33 bits per heavy atom. The molecule has 0 aliphatic rings. The number of sulfonamides is 1. The van der Waals surface area contributed by atoms with E-state index in [1.807, 2.05) is 0 Å². The summed E-state index contributed by atoms with van der Waals surface area (Å²) in [5.41, 5.74) is 0. The van der Waals surface area contributed by atoms with Gasteiger partial charge in [0.2, 0.25) is 15.3 Å². The SMILES string of the molecule is O=C(Cl)CNS(=O)(=O)c1ccc(Br)cc1. The molecule has 82 valence electrons. The predicted octanol–water partition coefficient (Wildman–Crippen LogP) is 1.49. The van der Waals surface area contributed by atoms with Gasteiger partial charge in [-0.2, -0.15) is 0 Å². The first-order valence-electron chi connectivity index (χ1n) is 3.85. The van der Waals surface area contributed by atoms with Crippen molar-refractivity contribution in [3.63, 3.8) is 0 Å². The van der Waals surface area contributed by atoms with E-state index in [2.05, 4.69) is 20.7 Å². The minimum Gasteiger partial charge on any atom is -0.280 e. The smallest absolute Gasteiger partial charge is 0.241 e. The van der Waals surface area contributed by atoms with E-state index in [1.165, 1.54) is 12.1 Å². The second-order valence-corrected chi connectivity index (χ2v) is 5.74. The Morgan fingerprint density at radius 1 is 1.33 bits per heavy atom. The Balaban J connectivity index is 2.87. The maximum Gasteiger partial charge on any atom is 0.241 e. The van der Waals surface area contributed by atoms with Crippen LogP contribution in [0.5, 0.6) is 0 Å². The standard InChI is InChI=1S/C8H7BrClNO3S/c9-6-1-3-7(4-2-6)15(13,14)11-5-8(10)12/h1-4,11H,5H2. The highest BCUT2D eigenvalue weighted by molar-refractivity contribution is 9.10. The van der Waals surface area contributed by atoms with E-state index < -0.39 is 21.8 Å². The van der Waals surface area contributed by atoms with Crippen molar-refractivity contribution < 1.29 is 13.2 Å². The molecule has 0 unspecified atom stereocenters. The molecule has 0 aromatic heterocycles. The van der Waals surface area contributed by atoms with Gasteiger partial charge in [-0.15, -0.1) is 0 Å². The summed E-state index contributed by atoms with van der Waals surface area (Å²) in [6.45, 7) is -0.417. The van der Waals surface area contributed by atoms with Gasteiger partial charge >= 0.3 is 0 Å². The Morgan fingerprint density at radius 2 is 1.87 bits per heavy atom. The molecule has 0 bridgehead atoms. The number of carbonyl (C=O) groups excluding carboxylic acids is 1. The summed E-state index contributed by atoms with van der Waals surface area (Å²) in [5, 5.41) is -0.754. The molecule has 0 amide bonds. The van der Waals surface area contributed by atoms with Gasteiger partial charge in [-0.1, -0.05) is 15.9 Å². The van der Waals surface area contributed by atoms with Crippen molar-refractivity contribution in [2.45, 2.75) is 4.90 Å². The van der Waals surface area contributed by atoms with Gasteiger partial charge in [0.15, 0.2) is 0 Å². The fourth-order valence-electron chi connectivity index (χ4n) is 0.849. The van der Waals surface area contributed by atoms with Crippen LogP contribution >= 0.6 is 27.5 Å². The molecule has 1 aromatic rings. The van der Waals surface area contributed by atoms with Crippen LogP contribution in [0.1, 0.15) is 0 Å². The van der Waals surface area contributed by atoms with Crippen LogP contribution in [0, 0.1) is 0 Å². The van der Waals surface area contributed by atoms with Gasteiger partial charge in [-0.25, -0.2) is 13.1 Å². The first-order chi connectivity index (χ1) is 6.92. The first kappa shape index (κ1) is 12.6. The maximum absolute atomic E-state index is 11.5. The lowest BCUT2D eigenvalue weighted by atomic mass is 10.4. The number of nitrogens with one attached hydrogen (secondary N) is 1.